The van der Waals surface area contributed by atoms with Gasteiger partial charge in [-0.25, -0.2) is 0 Å². The lowest BCUT2D eigenvalue weighted by atomic mass is 9.89. The number of carbonyl (C=O) groups is 1. The van der Waals surface area contributed by atoms with Crippen molar-refractivity contribution in [1.82, 2.24) is 5.32 Å². The fourth-order valence-corrected chi connectivity index (χ4v) is 3.61. The second kappa shape index (κ2) is 6.19. The van der Waals surface area contributed by atoms with Crippen LogP contribution < -0.4 is 5.32 Å². The standard InChI is InChI=1S/C13H22BrNO2/c1-9-11(6-7-17-9)13(16)15-8-10-4-2-3-5-12(10)14/h9-12H,2-8H2,1H3,(H,15,16). The Kier molecular flexibility index (Phi) is 4.86. The molecular formula is C13H22BrNO2. The first-order valence-electron chi connectivity index (χ1n) is 6.72. The smallest absolute Gasteiger partial charge is 0.225 e. The maximum atomic E-state index is 12.0. The van der Waals surface area contributed by atoms with E-state index < -0.39 is 0 Å². The predicted molar refractivity (Wildman–Crippen MR) is 71.2 cm³/mol. The number of carbonyl (C=O) groups excluding carboxylic acids is 1. The molecular weight excluding hydrogens is 282 g/mol. The normalized spacial score (nSPS) is 38.0. The molecule has 98 valence electrons. The molecule has 0 radical (unpaired) electrons. The fourth-order valence-electron chi connectivity index (χ4n) is 2.83. The molecule has 1 heterocycles. The van der Waals surface area contributed by atoms with Gasteiger partial charge in [-0.3, -0.25) is 4.79 Å². The Morgan fingerprint density at radius 2 is 2.12 bits per heavy atom. The van der Waals surface area contributed by atoms with Crippen LogP contribution in [-0.4, -0.2) is 30.0 Å². The molecule has 0 aromatic carbocycles. The number of amides is 1. The molecule has 0 aromatic heterocycles. The van der Waals surface area contributed by atoms with E-state index in [1.165, 1.54) is 25.7 Å². The summed E-state index contributed by atoms with van der Waals surface area (Å²) < 4.78 is 5.43. The molecule has 3 nitrogen and oxygen atoms in total. The van der Waals surface area contributed by atoms with Crippen LogP contribution in [0, 0.1) is 11.8 Å². The average molecular weight is 304 g/mol. The van der Waals surface area contributed by atoms with Gasteiger partial charge < -0.3 is 10.1 Å². The highest BCUT2D eigenvalue weighted by atomic mass is 79.9. The van der Waals surface area contributed by atoms with E-state index in [4.69, 9.17) is 4.74 Å². The lowest BCUT2D eigenvalue weighted by Crippen LogP contribution is -2.39. The van der Waals surface area contributed by atoms with E-state index in [9.17, 15) is 4.79 Å². The number of hydrogen-bond donors (Lipinski definition) is 1. The molecule has 1 N–H and O–H groups in total. The third-order valence-electron chi connectivity index (χ3n) is 4.07. The lowest BCUT2D eigenvalue weighted by Gasteiger charge is -2.28. The summed E-state index contributed by atoms with van der Waals surface area (Å²) in [6.07, 6.45) is 6.03. The number of ether oxygens (including phenoxy) is 1. The zero-order valence-corrected chi connectivity index (χ0v) is 12.0. The Bertz CT molecular complexity index is 272. The minimum atomic E-state index is 0.0624. The number of halogens is 1. The third-order valence-corrected chi connectivity index (χ3v) is 5.27. The van der Waals surface area contributed by atoms with E-state index in [-0.39, 0.29) is 17.9 Å². The molecule has 0 aromatic rings. The summed E-state index contributed by atoms with van der Waals surface area (Å²) >= 11 is 3.72. The lowest BCUT2D eigenvalue weighted by molar-refractivity contribution is -0.126. The summed E-state index contributed by atoms with van der Waals surface area (Å²) in [6.45, 7) is 3.53. The zero-order chi connectivity index (χ0) is 12.3. The summed E-state index contributed by atoms with van der Waals surface area (Å²) in [5, 5.41) is 3.11. The second-order valence-corrected chi connectivity index (χ2v) is 6.45. The zero-order valence-electron chi connectivity index (χ0n) is 10.5. The molecule has 17 heavy (non-hydrogen) atoms. The highest BCUT2D eigenvalue weighted by molar-refractivity contribution is 9.09. The van der Waals surface area contributed by atoms with Gasteiger partial charge in [0.15, 0.2) is 0 Å². The molecule has 0 bridgehead atoms. The average Bonchev–Trinajstić information content (AvgIpc) is 2.74. The second-order valence-electron chi connectivity index (χ2n) is 5.28. The Hall–Kier alpha value is -0.0900. The maximum Gasteiger partial charge on any atom is 0.225 e. The molecule has 4 heteroatoms. The van der Waals surface area contributed by atoms with Gasteiger partial charge in [0.05, 0.1) is 12.0 Å². The van der Waals surface area contributed by atoms with Crippen molar-refractivity contribution in [2.75, 3.05) is 13.2 Å². The van der Waals surface area contributed by atoms with Crippen molar-refractivity contribution in [3.63, 3.8) is 0 Å². The van der Waals surface area contributed by atoms with Crippen molar-refractivity contribution in [2.24, 2.45) is 11.8 Å². The summed E-state index contributed by atoms with van der Waals surface area (Å²) in [6, 6.07) is 0. The van der Waals surface area contributed by atoms with E-state index in [2.05, 4.69) is 21.2 Å². The van der Waals surface area contributed by atoms with Crippen LogP contribution in [0.15, 0.2) is 0 Å². The molecule has 1 aliphatic heterocycles. The SMILES string of the molecule is CC1OCCC1C(=O)NCC1CCCCC1Br. The predicted octanol–water partition coefficient (Wildman–Crippen LogP) is 2.48. The van der Waals surface area contributed by atoms with Crippen molar-refractivity contribution in [3.8, 4) is 0 Å². The van der Waals surface area contributed by atoms with Gasteiger partial charge in [-0.15, -0.1) is 0 Å². The van der Waals surface area contributed by atoms with Gasteiger partial charge in [0, 0.05) is 18.0 Å². The summed E-state index contributed by atoms with van der Waals surface area (Å²) in [4.78, 5) is 12.6. The van der Waals surface area contributed by atoms with Crippen LogP contribution in [0.5, 0.6) is 0 Å². The molecule has 1 amide bonds. The van der Waals surface area contributed by atoms with Gasteiger partial charge in [-0.1, -0.05) is 28.8 Å². The maximum absolute atomic E-state index is 12.0. The first kappa shape index (κ1) is 13.3. The highest BCUT2D eigenvalue weighted by Crippen LogP contribution is 2.29. The first-order valence-corrected chi connectivity index (χ1v) is 7.63. The number of rotatable bonds is 3. The van der Waals surface area contributed by atoms with Crippen LogP contribution in [0.25, 0.3) is 0 Å². The molecule has 1 saturated heterocycles. The molecule has 4 unspecified atom stereocenters. The van der Waals surface area contributed by atoms with Gasteiger partial charge >= 0.3 is 0 Å². The van der Waals surface area contributed by atoms with Crippen molar-refractivity contribution in [1.29, 1.82) is 0 Å². The largest absolute Gasteiger partial charge is 0.378 e. The van der Waals surface area contributed by atoms with Gasteiger partial charge in [0.2, 0.25) is 5.91 Å². The topological polar surface area (TPSA) is 38.3 Å². The Morgan fingerprint density at radius 3 is 2.76 bits per heavy atom. The van der Waals surface area contributed by atoms with Crippen LogP contribution in [0.3, 0.4) is 0 Å². The molecule has 2 fully saturated rings. The molecule has 1 saturated carbocycles. The Balaban J connectivity index is 1.75. The minimum absolute atomic E-state index is 0.0624. The molecule has 0 spiro atoms. The quantitative estimate of drug-likeness (QED) is 0.814. The van der Waals surface area contributed by atoms with Crippen LogP contribution in [0.4, 0.5) is 0 Å². The van der Waals surface area contributed by atoms with E-state index in [1.807, 2.05) is 6.92 Å². The van der Waals surface area contributed by atoms with E-state index in [0.717, 1.165) is 19.6 Å². The molecule has 1 aliphatic carbocycles. The van der Waals surface area contributed by atoms with E-state index >= 15 is 0 Å². The summed E-state index contributed by atoms with van der Waals surface area (Å²) in [5.74, 6) is 0.845. The van der Waals surface area contributed by atoms with E-state index in [0.29, 0.717) is 10.7 Å². The van der Waals surface area contributed by atoms with Gasteiger partial charge in [-0.2, -0.15) is 0 Å². The molecule has 2 rings (SSSR count). The summed E-state index contributed by atoms with van der Waals surface area (Å²) in [5.41, 5.74) is 0. The van der Waals surface area contributed by atoms with Crippen LogP contribution in [0.1, 0.15) is 39.0 Å². The number of hydrogen-bond acceptors (Lipinski definition) is 2. The monoisotopic (exact) mass is 303 g/mol. The van der Waals surface area contributed by atoms with Crippen LogP contribution in [-0.2, 0) is 9.53 Å². The Labute approximate surface area is 112 Å². The van der Waals surface area contributed by atoms with Crippen LogP contribution in [0.2, 0.25) is 0 Å². The number of alkyl halides is 1. The van der Waals surface area contributed by atoms with Crippen molar-refractivity contribution >= 4 is 21.8 Å². The van der Waals surface area contributed by atoms with Crippen molar-refractivity contribution in [3.05, 3.63) is 0 Å². The van der Waals surface area contributed by atoms with Crippen molar-refractivity contribution in [2.45, 2.75) is 50.0 Å². The molecule has 2 aliphatic rings. The van der Waals surface area contributed by atoms with Crippen LogP contribution >= 0.6 is 15.9 Å². The highest BCUT2D eigenvalue weighted by Gasteiger charge is 2.31. The fraction of sp³-hybridized carbons (Fsp3) is 0.923. The minimum Gasteiger partial charge on any atom is -0.378 e. The molecule has 4 atom stereocenters. The summed E-state index contributed by atoms with van der Waals surface area (Å²) in [7, 11) is 0. The van der Waals surface area contributed by atoms with Gasteiger partial charge in [0.1, 0.15) is 0 Å². The first-order chi connectivity index (χ1) is 8.18. The van der Waals surface area contributed by atoms with Gasteiger partial charge in [-0.05, 0) is 32.1 Å². The van der Waals surface area contributed by atoms with E-state index in [1.54, 1.807) is 0 Å². The third kappa shape index (κ3) is 3.44. The number of nitrogens with one attached hydrogen (secondary N) is 1. The van der Waals surface area contributed by atoms with Crippen molar-refractivity contribution < 1.29 is 9.53 Å². The van der Waals surface area contributed by atoms with Gasteiger partial charge in [0.25, 0.3) is 0 Å². The Morgan fingerprint density at radius 1 is 1.35 bits per heavy atom.